The van der Waals surface area contributed by atoms with Crippen LogP contribution in [0.5, 0.6) is 5.75 Å². The van der Waals surface area contributed by atoms with Crippen molar-refractivity contribution in [2.45, 2.75) is 32.9 Å². The molecule has 1 aromatic carbocycles. The minimum Gasteiger partial charge on any atom is -0.495 e. The zero-order valence-corrected chi connectivity index (χ0v) is 14.0. The van der Waals surface area contributed by atoms with Gasteiger partial charge in [0, 0.05) is 18.4 Å². The second-order valence-corrected chi connectivity index (χ2v) is 5.46. The first-order valence-corrected chi connectivity index (χ1v) is 7.72. The molecule has 2 rings (SSSR count). The first-order chi connectivity index (χ1) is 11.5. The number of methoxy groups -OCH3 is 1. The van der Waals surface area contributed by atoms with Crippen LogP contribution in [-0.2, 0) is 11.3 Å². The topological polar surface area (TPSA) is 82.3 Å². The second kappa shape index (κ2) is 7.63. The van der Waals surface area contributed by atoms with Crippen LogP contribution in [0, 0.1) is 0 Å². The molecular formula is C17H21N3O4. The summed E-state index contributed by atoms with van der Waals surface area (Å²) in [4.78, 5) is 36.5. The molecular weight excluding hydrogens is 310 g/mol. The molecule has 0 aliphatic heterocycles. The number of aromatic nitrogens is 2. The van der Waals surface area contributed by atoms with Crippen molar-refractivity contribution in [1.82, 2.24) is 14.5 Å². The molecule has 0 unspecified atom stereocenters. The van der Waals surface area contributed by atoms with Gasteiger partial charge < -0.3 is 10.1 Å². The van der Waals surface area contributed by atoms with Crippen LogP contribution in [0.15, 0.2) is 46.2 Å². The van der Waals surface area contributed by atoms with Gasteiger partial charge in [-0.2, -0.15) is 0 Å². The predicted octanol–water partition coefficient (Wildman–Crippen LogP) is 0.923. The van der Waals surface area contributed by atoms with Gasteiger partial charge in [-0.25, -0.2) is 0 Å². The third kappa shape index (κ3) is 3.73. The standard InChI is InChI=1S/C17H21N3O4/c1-4-12(2)18-15(21)11-19-9-10-20(17(23)16(19)22)13-7-5-6-8-14(13)24-3/h5-10,12H,4,11H2,1-3H3,(H,18,21)/t12-/m0/s1. The van der Waals surface area contributed by atoms with Crippen LogP contribution < -0.4 is 21.2 Å². The summed E-state index contributed by atoms with van der Waals surface area (Å²) in [5.41, 5.74) is -1.03. The van der Waals surface area contributed by atoms with E-state index in [2.05, 4.69) is 5.32 Å². The van der Waals surface area contributed by atoms with E-state index in [1.807, 2.05) is 13.8 Å². The average molecular weight is 331 g/mol. The molecule has 1 heterocycles. The highest BCUT2D eigenvalue weighted by Crippen LogP contribution is 2.19. The van der Waals surface area contributed by atoms with Crippen molar-refractivity contribution in [2.24, 2.45) is 0 Å². The van der Waals surface area contributed by atoms with Gasteiger partial charge in [0.1, 0.15) is 12.3 Å². The van der Waals surface area contributed by atoms with Crippen LogP contribution in [0.2, 0.25) is 0 Å². The van der Waals surface area contributed by atoms with Gasteiger partial charge in [0.25, 0.3) is 0 Å². The third-order valence-electron chi connectivity index (χ3n) is 3.74. The highest BCUT2D eigenvalue weighted by molar-refractivity contribution is 5.75. The first kappa shape index (κ1) is 17.5. The Morgan fingerprint density at radius 2 is 1.92 bits per heavy atom. The molecule has 1 N–H and O–H groups in total. The maximum absolute atomic E-state index is 12.4. The number of hydrogen-bond donors (Lipinski definition) is 1. The molecule has 24 heavy (non-hydrogen) atoms. The van der Waals surface area contributed by atoms with Crippen molar-refractivity contribution in [3.63, 3.8) is 0 Å². The molecule has 0 spiro atoms. The van der Waals surface area contributed by atoms with Gasteiger partial charge in [-0.05, 0) is 25.5 Å². The number of nitrogens with zero attached hydrogens (tertiary/aromatic N) is 2. The number of benzene rings is 1. The van der Waals surface area contributed by atoms with Gasteiger partial charge in [0.2, 0.25) is 5.91 Å². The lowest BCUT2D eigenvalue weighted by atomic mass is 10.2. The van der Waals surface area contributed by atoms with Crippen molar-refractivity contribution in [1.29, 1.82) is 0 Å². The highest BCUT2D eigenvalue weighted by atomic mass is 16.5. The van der Waals surface area contributed by atoms with E-state index in [-0.39, 0.29) is 18.5 Å². The van der Waals surface area contributed by atoms with Crippen molar-refractivity contribution in [3.8, 4) is 11.4 Å². The third-order valence-corrected chi connectivity index (χ3v) is 3.74. The quantitative estimate of drug-likeness (QED) is 0.798. The number of para-hydroxylation sites is 2. The van der Waals surface area contributed by atoms with E-state index in [0.717, 1.165) is 11.0 Å². The predicted molar refractivity (Wildman–Crippen MR) is 90.7 cm³/mol. The van der Waals surface area contributed by atoms with Gasteiger partial charge >= 0.3 is 11.1 Å². The fourth-order valence-electron chi connectivity index (χ4n) is 2.23. The van der Waals surface area contributed by atoms with Crippen LogP contribution in [0.3, 0.4) is 0 Å². The number of carbonyl (C=O) groups excluding carboxylic acids is 1. The Bertz CT molecular complexity index is 838. The number of hydrogen-bond acceptors (Lipinski definition) is 4. The number of carbonyl (C=O) groups is 1. The lowest BCUT2D eigenvalue weighted by Crippen LogP contribution is -2.43. The Balaban J connectivity index is 2.34. The fraction of sp³-hybridized carbons (Fsp3) is 0.353. The molecule has 0 bridgehead atoms. The molecule has 0 saturated heterocycles. The molecule has 128 valence electrons. The first-order valence-electron chi connectivity index (χ1n) is 7.72. The highest BCUT2D eigenvalue weighted by Gasteiger charge is 2.13. The molecule has 1 aromatic heterocycles. The molecule has 0 radical (unpaired) electrons. The number of rotatable bonds is 6. The van der Waals surface area contributed by atoms with E-state index >= 15 is 0 Å². The van der Waals surface area contributed by atoms with Gasteiger partial charge in [-0.15, -0.1) is 0 Å². The zero-order chi connectivity index (χ0) is 17.7. The minimum atomic E-state index is -0.761. The van der Waals surface area contributed by atoms with Crippen molar-refractivity contribution >= 4 is 5.91 Å². The lowest BCUT2D eigenvalue weighted by molar-refractivity contribution is -0.122. The maximum Gasteiger partial charge on any atom is 0.321 e. The Morgan fingerprint density at radius 3 is 2.58 bits per heavy atom. The summed E-state index contributed by atoms with van der Waals surface area (Å²) >= 11 is 0. The Morgan fingerprint density at radius 1 is 1.21 bits per heavy atom. The van der Waals surface area contributed by atoms with E-state index in [1.54, 1.807) is 24.3 Å². The summed E-state index contributed by atoms with van der Waals surface area (Å²) in [6.45, 7) is 3.64. The Hall–Kier alpha value is -2.83. The van der Waals surface area contributed by atoms with Crippen molar-refractivity contribution < 1.29 is 9.53 Å². The van der Waals surface area contributed by atoms with Crippen LogP contribution in [0.4, 0.5) is 0 Å². The normalized spacial score (nSPS) is 11.8. The summed E-state index contributed by atoms with van der Waals surface area (Å²) < 4.78 is 7.53. The van der Waals surface area contributed by atoms with Crippen LogP contribution in [0.1, 0.15) is 20.3 Å². The van der Waals surface area contributed by atoms with Crippen LogP contribution in [-0.4, -0.2) is 28.2 Å². The SMILES string of the molecule is CC[C@H](C)NC(=O)Cn1ccn(-c2ccccc2OC)c(=O)c1=O. The monoisotopic (exact) mass is 331 g/mol. The van der Waals surface area contributed by atoms with Crippen LogP contribution in [0.25, 0.3) is 5.69 Å². The summed E-state index contributed by atoms with van der Waals surface area (Å²) in [6.07, 6.45) is 3.67. The number of amides is 1. The van der Waals surface area contributed by atoms with E-state index in [4.69, 9.17) is 4.74 Å². The lowest BCUT2D eigenvalue weighted by Gasteiger charge is -2.13. The van der Waals surface area contributed by atoms with Crippen molar-refractivity contribution in [3.05, 3.63) is 57.4 Å². The minimum absolute atomic E-state index is 0.0159. The fourth-order valence-corrected chi connectivity index (χ4v) is 2.23. The maximum atomic E-state index is 12.4. The molecule has 7 heteroatoms. The smallest absolute Gasteiger partial charge is 0.321 e. The van der Waals surface area contributed by atoms with Crippen LogP contribution >= 0.6 is 0 Å². The summed E-state index contributed by atoms with van der Waals surface area (Å²) in [7, 11) is 1.49. The number of ether oxygens (including phenoxy) is 1. The van der Waals surface area contributed by atoms with Gasteiger partial charge in [-0.3, -0.25) is 23.5 Å². The zero-order valence-electron chi connectivity index (χ0n) is 14.0. The second-order valence-electron chi connectivity index (χ2n) is 5.46. The van der Waals surface area contributed by atoms with Gasteiger partial charge in [0.15, 0.2) is 0 Å². The molecule has 0 aliphatic rings. The van der Waals surface area contributed by atoms with Gasteiger partial charge in [0.05, 0.1) is 12.8 Å². The number of nitrogens with one attached hydrogen (secondary N) is 1. The van der Waals surface area contributed by atoms with E-state index in [1.165, 1.54) is 24.1 Å². The van der Waals surface area contributed by atoms with Crippen molar-refractivity contribution in [2.75, 3.05) is 7.11 Å². The molecule has 1 atom stereocenters. The average Bonchev–Trinajstić information content (AvgIpc) is 2.59. The molecule has 0 fully saturated rings. The van der Waals surface area contributed by atoms with Gasteiger partial charge in [-0.1, -0.05) is 19.1 Å². The molecule has 2 aromatic rings. The summed E-state index contributed by atoms with van der Waals surface area (Å²) in [5, 5.41) is 2.76. The molecule has 7 nitrogen and oxygen atoms in total. The Kier molecular flexibility index (Phi) is 5.57. The van der Waals surface area contributed by atoms with E-state index in [9.17, 15) is 14.4 Å². The summed E-state index contributed by atoms with van der Waals surface area (Å²) in [6, 6.07) is 6.91. The Labute approximate surface area is 139 Å². The summed E-state index contributed by atoms with van der Waals surface area (Å²) in [5.74, 6) is 0.173. The van der Waals surface area contributed by atoms with E-state index < -0.39 is 11.1 Å². The van der Waals surface area contributed by atoms with E-state index in [0.29, 0.717) is 11.4 Å². The molecule has 0 saturated carbocycles. The molecule has 0 aliphatic carbocycles. The largest absolute Gasteiger partial charge is 0.495 e. The molecule has 1 amide bonds.